The van der Waals surface area contributed by atoms with Crippen LogP contribution in [0, 0.1) is 5.92 Å². The number of benzene rings is 1. The molecule has 7 nitrogen and oxygen atoms in total. The molecule has 7 heteroatoms. The fourth-order valence-corrected chi connectivity index (χ4v) is 3.77. The zero-order chi connectivity index (χ0) is 19.8. The number of aromatic nitrogens is 3. The third-order valence-corrected chi connectivity index (χ3v) is 5.36. The smallest absolute Gasteiger partial charge is 0.194 e. The van der Waals surface area contributed by atoms with Crippen LogP contribution in [0.5, 0.6) is 0 Å². The van der Waals surface area contributed by atoms with Crippen LogP contribution < -0.4 is 5.32 Å². The van der Waals surface area contributed by atoms with E-state index in [9.17, 15) is 0 Å². The number of aromatic amines is 1. The zero-order valence-corrected chi connectivity index (χ0v) is 17.4. The van der Waals surface area contributed by atoms with Crippen LogP contribution in [0.3, 0.4) is 0 Å². The Morgan fingerprint density at radius 2 is 2.18 bits per heavy atom. The fraction of sp³-hybridized carbons (Fsp3) is 0.571. The molecule has 2 aromatic rings. The molecule has 1 saturated heterocycles. The molecule has 2 heterocycles. The third kappa shape index (κ3) is 5.32. The molecule has 1 aromatic carbocycles. The monoisotopic (exact) mass is 383 g/mol. The maximum absolute atomic E-state index is 4.91. The summed E-state index contributed by atoms with van der Waals surface area (Å²) in [5.41, 5.74) is 2.21. The van der Waals surface area contributed by atoms with Crippen molar-refractivity contribution in [3.63, 3.8) is 0 Å². The molecule has 28 heavy (non-hydrogen) atoms. The van der Waals surface area contributed by atoms with Crippen LogP contribution in [-0.2, 0) is 6.54 Å². The SMILES string of the molecule is CCNC(=NCc1cccc(-c2ncn[nH]2)c1)N1CCC(CN(CC)CC)C1. The van der Waals surface area contributed by atoms with Crippen LogP contribution in [0.1, 0.15) is 32.8 Å². The number of hydrogen-bond donors (Lipinski definition) is 2. The summed E-state index contributed by atoms with van der Waals surface area (Å²) in [6, 6.07) is 8.32. The predicted octanol–water partition coefficient (Wildman–Crippen LogP) is 2.60. The molecular formula is C21H33N7. The first kappa shape index (κ1) is 20.3. The average molecular weight is 384 g/mol. The summed E-state index contributed by atoms with van der Waals surface area (Å²) in [6.45, 7) is 13.8. The lowest BCUT2D eigenvalue weighted by molar-refractivity contribution is 0.255. The van der Waals surface area contributed by atoms with Crippen molar-refractivity contribution in [1.82, 2.24) is 30.3 Å². The molecule has 1 unspecified atom stereocenters. The van der Waals surface area contributed by atoms with Crippen LogP contribution in [0.25, 0.3) is 11.4 Å². The standard InChI is InChI=1S/C21H33N7/c1-4-22-21(28-11-10-18(15-28)14-27(5-2)6-3)23-13-17-8-7-9-19(12-17)20-24-16-25-26-20/h7-9,12,16,18H,4-6,10-11,13-15H2,1-3H3,(H,22,23)(H,24,25,26). The number of aliphatic imine (C=N–C) groups is 1. The van der Waals surface area contributed by atoms with Crippen LogP contribution in [-0.4, -0.2) is 70.2 Å². The van der Waals surface area contributed by atoms with Gasteiger partial charge in [0.25, 0.3) is 0 Å². The van der Waals surface area contributed by atoms with Gasteiger partial charge in [-0.25, -0.2) is 9.98 Å². The second kappa shape index (κ2) is 10.2. The van der Waals surface area contributed by atoms with Gasteiger partial charge in [0, 0.05) is 31.7 Å². The summed E-state index contributed by atoms with van der Waals surface area (Å²) < 4.78 is 0. The Bertz CT molecular complexity index is 737. The minimum atomic E-state index is 0.654. The second-order valence-electron chi connectivity index (χ2n) is 7.29. The second-order valence-corrected chi connectivity index (χ2v) is 7.29. The minimum Gasteiger partial charge on any atom is -0.357 e. The molecule has 3 rings (SSSR count). The topological polar surface area (TPSA) is 72.4 Å². The number of H-pyrrole nitrogens is 1. The molecule has 1 fully saturated rings. The number of hydrogen-bond acceptors (Lipinski definition) is 4. The summed E-state index contributed by atoms with van der Waals surface area (Å²) in [7, 11) is 0. The fourth-order valence-electron chi connectivity index (χ4n) is 3.77. The van der Waals surface area contributed by atoms with Crippen molar-refractivity contribution in [3.05, 3.63) is 36.2 Å². The van der Waals surface area contributed by atoms with Crippen LogP contribution in [0.15, 0.2) is 35.6 Å². The Labute approximate surface area is 168 Å². The number of likely N-dealkylation sites (tertiary alicyclic amines) is 1. The molecular weight excluding hydrogens is 350 g/mol. The van der Waals surface area contributed by atoms with E-state index in [4.69, 9.17) is 4.99 Å². The van der Waals surface area contributed by atoms with Crippen LogP contribution in [0.2, 0.25) is 0 Å². The molecule has 1 aliphatic rings. The van der Waals surface area contributed by atoms with Crippen LogP contribution in [0.4, 0.5) is 0 Å². The van der Waals surface area contributed by atoms with Crippen molar-refractivity contribution < 1.29 is 0 Å². The van der Waals surface area contributed by atoms with E-state index in [2.05, 4.69) is 63.2 Å². The normalized spacial score (nSPS) is 17.5. The van der Waals surface area contributed by atoms with E-state index in [-0.39, 0.29) is 0 Å². The first-order chi connectivity index (χ1) is 13.7. The quantitative estimate of drug-likeness (QED) is 0.541. The molecule has 0 saturated carbocycles. The van der Waals surface area contributed by atoms with Gasteiger partial charge in [0.15, 0.2) is 11.8 Å². The van der Waals surface area contributed by atoms with Gasteiger partial charge in [0.2, 0.25) is 0 Å². The van der Waals surface area contributed by atoms with Crippen molar-refractivity contribution in [3.8, 4) is 11.4 Å². The molecule has 2 N–H and O–H groups in total. The van der Waals surface area contributed by atoms with E-state index in [1.54, 1.807) is 0 Å². The van der Waals surface area contributed by atoms with Gasteiger partial charge in [-0.15, -0.1) is 0 Å². The average Bonchev–Trinajstić information content (AvgIpc) is 3.42. The van der Waals surface area contributed by atoms with Crippen molar-refractivity contribution in [2.24, 2.45) is 10.9 Å². The lowest BCUT2D eigenvalue weighted by Crippen LogP contribution is -2.40. The summed E-state index contributed by atoms with van der Waals surface area (Å²) in [5, 5.41) is 10.3. The number of nitrogens with zero attached hydrogens (tertiary/aromatic N) is 5. The van der Waals surface area contributed by atoms with Gasteiger partial charge in [-0.3, -0.25) is 5.10 Å². The van der Waals surface area contributed by atoms with Crippen molar-refractivity contribution in [2.45, 2.75) is 33.7 Å². The highest BCUT2D eigenvalue weighted by Crippen LogP contribution is 2.19. The zero-order valence-electron chi connectivity index (χ0n) is 17.4. The summed E-state index contributed by atoms with van der Waals surface area (Å²) in [4.78, 5) is 14.1. The van der Waals surface area contributed by atoms with E-state index >= 15 is 0 Å². The van der Waals surface area contributed by atoms with E-state index in [1.807, 2.05) is 12.1 Å². The molecule has 0 amide bonds. The molecule has 0 aliphatic carbocycles. The van der Waals surface area contributed by atoms with E-state index < -0.39 is 0 Å². The van der Waals surface area contributed by atoms with Crippen molar-refractivity contribution in [2.75, 3.05) is 39.3 Å². The van der Waals surface area contributed by atoms with Gasteiger partial charge >= 0.3 is 0 Å². The Morgan fingerprint density at radius 1 is 1.32 bits per heavy atom. The highest BCUT2D eigenvalue weighted by atomic mass is 15.3. The number of guanidine groups is 1. The number of nitrogens with one attached hydrogen (secondary N) is 2. The molecule has 1 atom stereocenters. The maximum atomic E-state index is 4.91. The Kier molecular flexibility index (Phi) is 7.42. The van der Waals surface area contributed by atoms with Gasteiger partial charge in [-0.1, -0.05) is 32.0 Å². The van der Waals surface area contributed by atoms with E-state index in [0.29, 0.717) is 6.54 Å². The first-order valence-corrected chi connectivity index (χ1v) is 10.4. The number of rotatable bonds is 8. The minimum absolute atomic E-state index is 0.654. The lowest BCUT2D eigenvalue weighted by Gasteiger charge is -2.24. The first-order valence-electron chi connectivity index (χ1n) is 10.4. The Hall–Kier alpha value is -2.41. The molecule has 152 valence electrons. The third-order valence-electron chi connectivity index (χ3n) is 5.36. The van der Waals surface area contributed by atoms with Crippen molar-refractivity contribution >= 4 is 5.96 Å². The summed E-state index contributed by atoms with van der Waals surface area (Å²) in [5.74, 6) is 2.53. The van der Waals surface area contributed by atoms with Crippen molar-refractivity contribution in [1.29, 1.82) is 0 Å². The highest BCUT2D eigenvalue weighted by molar-refractivity contribution is 5.80. The van der Waals surface area contributed by atoms with Crippen LogP contribution >= 0.6 is 0 Å². The van der Waals surface area contributed by atoms with Gasteiger partial charge in [-0.05, 0) is 44.0 Å². The Morgan fingerprint density at radius 3 is 2.89 bits per heavy atom. The molecule has 0 bridgehead atoms. The summed E-state index contributed by atoms with van der Waals surface area (Å²) in [6.07, 6.45) is 2.77. The van der Waals surface area contributed by atoms with Gasteiger partial charge in [0.05, 0.1) is 6.54 Å². The van der Waals surface area contributed by atoms with Gasteiger partial charge in [-0.2, -0.15) is 5.10 Å². The van der Waals surface area contributed by atoms with Gasteiger partial charge < -0.3 is 15.1 Å². The summed E-state index contributed by atoms with van der Waals surface area (Å²) >= 11 is 0. The molecule has 1 aliphatic heterocycles. The van der Waals surface area contributed by atoms with E-state index in [0.717, 1.165) is 56.0 Å². The molecule has 0 radical (unpaired) electrons. The lowest BCUT2D eigenvalue weighted by atomic mass is 10.1. The molecule has 1 aromatic heterocycles. The predicted molar refractivity (Wildman–Crippen MR) is 114 cm³/mol. The maximum Gasteiger partial charge on any atom is 0.194 e. The van der Waals surface area contributed by atoms with Gasteiger partial charge in [0.1, 0.15) is 6.33 Å². The highest BCUT2D eigenvalue weighted by Gasteiger charge is 2.25. The van der Waals surface area contributed by atoms with E-state index in [1.165, 1.54) is 24.9 Å². The molecule has 0 spiro atoms. The largest absolute Gasteiger partial charge is 0.357 e. The Balaban J connectivity index is 1.64.